The minimum Gasteiger partial charge on any atom is -0.506 e. The molecule has 0 amide bonds. The van der Waals surface area contributed by atoms with Crippen LogP contribution in [-0.2, 0) is 10.1 Å². The van der Waals surface area contributed by atoms with E-state index in [1.807, 2.05) is 97.1 Å². The van der Waals surface area contributed by atoms with Crippen LogP contribution in [0.3, 0.4) is 0 Å². The Kier molecular flexibility index (Phi) is 9.52. The summed E-state index contributed by atoms with van der Waals surface area (Å²) in [4.78, 5) is -0.855. The van der Waals surface area contributed by atoms with Crippen LogP contribution in [0.25, 0.3) is 0 Å². The minimum absolute atomic E-state index is 0.0512. The first-order valence-electron chi connectivity index (χ1n) is 14.9. The fraction of sp³-hybridized carbons (Fsp3) is 0.211. The molecule has 0 saturated heterocycles. The van der Waals surface area contributed by atoms with Gasteiger partial charge in [0.25, 0.3) is 0 Å². The third-order valence-electron chi connectivity index (χ3n) is 8.62. The van der Waals surface area contributed by atoms with Crippen LogP contribution >= 0.6 is 0 Å². The molecule has 5 aromatic rings. The largest absolute Gasteiger partial charge is 0.506 e. The van der Waals surface area contributed by atoms with Gasteiger partial charge in [0.05, 0.1) is 0 Å². The zero-order valence-corrected chi connectivity index (χ0v) is 25.7. The second kappa shape index (κ2) is 13.5. The zero-order chi connectivity index (χ0) is 31.3. The number of phenols is 2. The maximum Gasteiger partial charge on any atom is 0.301 e. The molecule has 0 spiro atoms. The van der Waals surface area contributed by atoms with E-state index >= 15 is 0 Å². The van der Waals surface area contributed by atoms with E-state index in [0.717, 1.165) is 22.3 Å². The van der Waals surface area contributed by atoms with Crippen molar-refractivity contribution in [3.8, 4) is 11.5 Å². The molecule has 0 radical (unpaired) electrons. The van der Waals surface area contributed by atoms with E-state index in [1.54, 1.807) is 6.07 Å². The molecule has 0 aliphatic rings. The molecule has 6 heteroatoms. The lowest BCUT2D eigenvalue weighted by Crippen LogP contribution is -2.13. The Hall–Kier alpha value is -4.39. The van der Waals surface area contributed by atoms with Gasteiger partial charge >= 0.3 is 10.1 Å². The van der Waals surface area contributed by atoms with Crippen molar-refractivity contribution in [3.05, 3.63) is 161 Å². The molecule has 5 nitrogen and oxygen atoms in total. The number of rotatable bonds is 11. The van der Waals surface area contributed by atoms with Crippen LogP contribution < -0.4 is 0 Å². The smallest absolute Gasteiger partial charge is 0.301 e. The molecule has 5 aromatic carbocycles. The normalized spacial score (nSPS) is 14.4. The highest BCUT2D eigenvalue weighted by atomic mass is 32.2. The maximum absolute atomic E-state index is 12.8. The summed E-state index contributed by atoms with van der Waals surface area (Å²) in [5, 5.41) is 23.1. The number of hydrogen-bond donors (Lipinski definition) is 3. The highest BCUT2D eigenvalue weighted by Gasteiger charge is 2.34. The number of phenolic OH excluding ortho intramolecular Hbond substituents is 2. The Morgan fingerprint density at radius 3 is 1.11 bits per heavy atom. The van der Waals surface area contributed by atoms with Gasteiger partial charge in [0.1, 0.15) is 11.5 Å². The molecular weight excluding hydrogens is 568 g/mol. The average Bonchev–Trinajstić information content (AvgIpc) is 3.04. The van der Waals surface area contributed by atoms with Crippen molar-refractivity contribution in [1.82, 2.24) is 0 Å². The highest BCUT2D eigenvalue weighted by Crippen LogP contribution is 2.49. The van der Waals surface area contributed by atoms with E-state index < -0.39 is 38.3 Å². The standard InChI is InChI=1S/C38H38O5S/c1-26(28-15-7-3-8-16-28)23-32(30-19-11-5-12-20-30)34-25-35(37(40)38(36(34)39)44(41,42)43)33(31-21-13-6-14-22-31)24-27(2)29-17-9-4-10-18-29/h3-22,25-27,32-33,39-40H,23-24H2,1-2H3,(H,41,42,43). The summed E-state index contributed by atoms with van der Waals surface area (Å²) in [5.41, 5.74) is 4.68. The van der Waals surface area contributed by atoms with Gasteiger partial charge in [0.15, 0.2) is 4.90 Å². The number of hydrogen-bond acceptors (Lipinski definition) is 4. The molecular formula is C38H38O5S. The Balaban J connectivity index is 1.72. The molecule has 0 bridgehead atoms. The first-order valence-corrected chi connectivity index (χ1v) is 16.3. The van der Waals surface area contributed by atoms with Crippen molar-refractivity contribution in [2.45, 2.75) is 55.3 Å². The number of aromatic hydroxyl groups is 2. The van der Waals surface area contributed by atoms with Crippen molar-refractivity contribution < 1.29 is 23.2 Å². The first kappa shape index (κ1) is 31.0. The van der Waals surface area contributed by atoms with E-state index in [-0.39, 0.29) is 11.8 Å². The van der Waals surface area contributed by atoms with E-state index in [9.17, 15) is 23.2 Å². The molecule has 3 N–H and O–H groups in total. The molecule has 0 heterocycles. The highest BCUT2D eigenvalue weighted by molar-refractivity contribution is 7.86. The molecule has 226 valence electrons. The fourth-order valence-electron chi connectivity index (χ4n) is 6.25. The van der Waals surface area contributed by atoms with E-state index in [0.29, 0.717) is 24.0 Å². The average molecular weight is 607 g/mol. The Morgan fingerprint density at radius 2 is 0.818 bits per heavy atom. The SMILES string of the molecule is CC(CC(c1ccccc1)c1cc(C(CC(C)c2ccccc2)c2ccccc2)c(O)c(S(=O)(=O)O)c1O)c1ccccc1. The minimum atomic E-state index is -5.00. The molecule has 0 saturated carbocycles. The van der Waals surface area contributed by atoms with Crippen LogP contribution in [0.2, 0.25) is 0 Å². The molecule has 0 aromatic heterocycles. The lowest BCUT2D eigenvalue weighted by atomic mass is 9.77. The van der Waals surface area contributed by atoms with Crippen molar-refractivity contribution >= 4 is 10.1 Å². The summed E-state index contributed by atoms with van der Waals surface area (Å²) in [7, 11) is -5.00. The topological polar surface area (TPSA) is 94.8 Å². The molecule has 4 atom stereocenters. The molecule has 0 aliphatic heterocycles. The molecule has 5 rings (SSSR count). The lowest BCUT2D eigenvalue weighted by Gasteiger charge is -2.28. The third-order valence-corrected chi connectivity index (χ3v) is 9.52. The Bertz CT molecular complexity index is 1660. The molecule has 0 aliphatic carbocycles. The quantitative estimate of drug-likeness (QED) is 0.130. The fourth-order valence-corrected chi connectivity index (χ4v) is 6.98. The Morgan fingerprint density at radius 1 is 0.523 bits per heavy atom. The summed E-state index contributed by atoms with van der Waals surface area (Å²) in [6, 6.07) is 41.0. The lowest BCUT2D eigenvalue weighted by molar-refractivity contribution is 0.397. The van der Waals surface area contributed by atoms with Crippen LogP contribution in [0.5, 0.6) is 11.5 Å². The van der Waals surface area contributed by atoms with Gasteiger partial charge in [0.2, 0.25) is 0 Å². The van der Waals surface area contributed by atoms with Crippen LogP contribution in [0, 0.1) is 0 Å². The number of benzene rings is 5. The molecule has 4 unspecified atom stereocenters. The summed E-state index contributed by atoms with van der Waals surface area (Å²) >= 11 is 0. The van der Waals surface area contributed by atoms with Gasteiger partial charge in [-0.15, -0.1) is 0 Å². The van der Waals surface area contributed by atoms with Gasteiger partial charge in [-0.2, -0.15) is 8.42 Å². The second-order valence-electron chi connectivity index (χ2n) is 11.6. The van der Waals surface area contributed by atoms with Crippen LogP contribution in [0.1, 0.15) is 83.7 Å². The van der Waals surface area contributed by atoms with Crippen molar-refractivity contribution in [2.75, 3.05) is 0 Å². The predicted octanol–water partition coefficient (Wildman–Crippen LogP) is 9.00. The second-order valence-corrected chi connectivity index (χ2v) is 12.9. The molecule has 44 heavy (non-hydrogen) atoms. The molecule has 0 fully saturated rings. The van der Waals surface area contributed by atoms with Crippen molar-refractivity contribution in [1.29, 1.82) is 0 Å². The third kappa shape index (κ3) is 6.88. The van der Waals surface area contributed by atoms with Crippen LogP contribution in [0.4, 0.5) is 0 Å². The summed E-state index contributed by atoms with van der Waals surface area (Å²) in [5.74, 6) is -2.04. The van der Waals surface area contributed by atoms with E-state index in [4.69, 9.17) is 0 Å². The Labute approximate surface area is 260 Å². The van der Waals surface area contributed by atoms with Gasteiger partial charge < -0.3 is 10.2 Å². The van der Waals surface area contributed by atoms with Crippen molar-refractivity contribution in [2.24, 2.45) is 0 Å². The first-order chi connectivity index (χ1) is 21.1. The zero-order valence-electron chi connectivity index (χ0n) is 24.9. The van der Waals surface area contributed by atoms with E-state index in [2.05, 4.69) is 38.1 Å². The summed E-state index contributed by atoms with van der Waals surface area (Å²) in [6.45, 7) is 4.20. The summed E-state index contributed by atoms with van der Waals surface area (Å²) in [6.07, 6.45) is 1.10. The van der Waals surface area contributed by atoms with E-state index in [1.165, 1.54) is 0 Å². The van der Waals surface area contributed by atoms with Crippen molar-refractivity contribution in [3.63, 3.8) is 0 Å². The van der Waals surface area contributed by atoms with Gasteiger partial charge in [0, 0.05) is 23.0 Å². The maximum atomic E-state index is 12.8. The van der Waals surface area contributed by atoms with Crippen LogP contribution in [-0.4, -0.2) is 23.2 Å². The summed E-state index contributed by atoms with van der Waals surface area (Å²) < 4.78 is 36.0. The van der Waals surface area contributed by atoms with Gasteiger partial charge in [-0.1, -0.05) is 135 Å². The predicted molar refractivity (Wildman–Crippen MR) is 175 cm³/mol. The van der Waals surface area contributed by atoms with Gasteiger partial charge in [-0.3, -0.25) is 4.55 Å². The van der Waals surface area contributed by atoms with Crippen LogP contribution in [0.15, 0.2) is 132 Å². The van der Waals surface area contributed by atoms with Gasteiger partial charge in [-0.25, -0.2) is 0 Å². The van der Waals surface area contributed by atoms with Gasteiger partial charge in [-0.05, 0) is 53.0 Å². The monoisotopic (exact) mass is 606 g/mol.